The molecule has 1 saturated heterocycles. The van der Waals surface area contributed by atoms with Gasteiger partial charge in [0.05, 0.1) is 0 Å². The van der Waals surface area contributed by atoms with Gasteiger partial charge in [0.1, 0.15) is 10.0 Å². The number of nitrogens with zero attached hydrogens (tertiary/aromatic N) is 2. The Labute approximate surface area is 135 Å². The average molecular weight is 346 g/mol. The lowest BCUT2D eigenvalue weighted by atomic mass is 9.80. The van der Waals surface area contributed by atoms with Crippen LogP contribution in [0.5, 0.6) is 0 Å². The van der Waals surface area contributed by atoms with E-state index in [1.807, 2.05) is 13.8 Å². The van der Waals surface area contributed by atoms with Crippen LogP contribution in [0.25, 0.3) is 0 Å². The standard InChI is InChI=1S/C14H20ClN3O3S/c1-3-16-13(19)14(2)6-8-18(9-7-14)22(20,21)11-4-5-12(15)17-10-11/h4-5,10H,3,6-9H2,1-2H3,(H,16,19). The molecule has 0 spiro atoms. The topological polar surface area (TPSA) is 79.4 Å². The van der Waals surface area contributed by atoms with Crippen molar-refractivity contribution in [3.8, 4) is 0 Å². The van der Waals surface area contributed by atoms with Crippen molar-refractivity contribution in [3.05, 3.63) is 23.5 Å². The van der Waals surface area contributed by atoms with Gasteiger partial charge in [-0.1, -0.05) is 18.5 Å². The van der Waals surface area contributed by atoms with Crippen molar-refractivity contribution >= 4 is 27.5 Å². The van der Waals surface area contributed by atoms with Crippen molar-refractivity contribution in [1.29, 1.82) is 0 Å². The van der Waals surface area contributed by atoms with Crippen molar-refractivity contribution in [2.24, 2.45) is 5.41 Å². The second-order valence-electron chi connectivity index (χ2n) is 5.64. The number of halogens is 1. The fraction of sp³-hybridized carbons (Fsp3) is 0.571. The number of piperidine rings is 1. The molecule has 0 aromatic carbocycles. The molecule has 8 heteroatoms. The fourth-order valence-corrected chi connectivity index (χ4v) is 3.98. The molecule has 1 N–H and O–H groups in total. The first-order valence-electron chi connectivity index (χ1n) is 7.19. The number of sulfonamides is 1. The third-order valence-electron chi connectivity index (χ3n) is 4.05. The van der Waals surface area contributed by atoms with Gasteiger partial charge in [-0.15, -0.1) is 0 Å². The Morgan fingerprint density at radius 2 is 2.05 bits per heavy atom. The minimum absolute atomic E-state index is 0.0137. The van der Waals surface area contributed by atoms with Crippen LogP contribution in [0.4, 0.5) is 0 Å². The molecule has 0 aliphatic carbocycles. The minimum atomic E-state index is -3.59. The van der Waals surface area contributed by atoms with Crippen LogP contribution in [0.3, 0.4) is 0 Å². The highest BCUT2D eigenvalue weighted by molar-refractivity contribution is 7.89. The van der Waals surface area contributed by atoms with Crippen molar-refractivity contribution in [2.75, 3.05) is 19.6 Å². The van der Waals surface area contributed by atoms with Crippen LogP contribution in [-0.2, 0) is 14.8 Å². The highest BCUT2D eigenvalue weighted by Gasteiger charge is 2.40. The zero-order chi connectivity index (χ0) is 16.4. The Hall–Kier alpha value is -1.18. The summed E-state index contributed by atoms with van der Waals surface area (Å²) in [5, 5.41) is 3.07. The van der Waals surface area contributed by atoms with Gasteiger partial charge in [-0.2, -0.15) is 4.31 Å². The molecule has 0 saturated carbocycles. The summed E-state index contributed by atoms with van der Waals surface area (Å²) in [6, 6.07) is 2.90. The number of amides is 1. The van der Waals surface area contributed by atoms with Crippen molar-refractivity contribution in [3.63, 3.8) is 0 Å². The summed E-state index contributed by atoms with van der Waals surface area (Å²) in [6.07, 6.45) is 2.26. The number of pyridine rings is 1. The monoisotopic (exact) mass is 345 g/mol. The van der Waals surface area contributed by atoms with Crippen molar-refractivity contribution < 1.29 is 13.2 Å². The summed E-state index contributed by atoms with van der Waals surface area (Å²) in [4.78, 5) is 16.0. The van der Waals surface area contributed by atoms with Gasteiger partial charge in [-0.25, -0.2) is 13.4 Å². The van der Waals surface area contributed by atoms with Crippen LogP contribution in [0.15, 0.2) is 23.2 Å². The summed E-state index contributed by atoms with van der Waals surface area (Å²) < 4.78 is 26.5. The molecule has 0 atom stereocenters. The van der Waals surface area contributed by atoms with Gasteiger partial charge in [-0.05, 0) is 31.9 Å². The van der Waals surface area contributed by atoms with Gasteiger partial charge < -0.3 is 5.32 Å². The van der Waals surface area contributed by atoms with E-state index >= 15 is 0 Å². The molecule has 6 nitrogen and oxygen atoms in total. The van der Waals surface area contributed by atoms with Crippen molar-refractivity contribution in [2.45, 2.75) is 31.6 Å². The lowest BCUT2D eigenvalue weighted by Crippen LogP contribution is -2.48. The number of aromatic nitrogens is 1. The van der Waals surface area contributed by atoms with E-state index in [0.29, 0.717) is 32.5 Å². The van der Waals surface area contributed by atoms with E-state index in [1.165, 1.54) is 22.6 Å². The van der Waals surface area contributed by atoms with Gasteiger partial charge in [0.25, 0.3) is 0 Å². The smallest absolute Gasteiger partial charge is 0.244 e. The Morgan fingerprint density at radius 3 is 2.55 bits per heavy atom. The highest BCUT2D eigenvalue weighted by atomic mass is 35.5. The Balaban J connectivity index is 2.10. The number of hydrogen-bond donors (Lipinski definition) is 1. The SMILES string of the molecule is CCNC(=O)C1(C)CCN(S(=O)(=O)c2ccc(Cl)nc2)CC1. The van der Waals surface area contributed by atoms with Gasteiger partial charge in [0.15, 0.2) is 0 Å². The third kappa shape index (κ3) is 3.42. The largest absolute Gasteiger partial charge is 0.356 e. The maximum absolute atomic E-state index is 12.5. The number of carbonyl (C=O) groups is 1. The second-order valence-corrected chi connectivity index (χ2v) is 7.97. The van der Waals surface area contributed by atoms with Gasteiger partial charge in [0, 0.05) is 31.2 Å². The van der Waals surface area contributed by atoms with Gasteiger partial charge >= 0.3 is 0 Å². The minimum Gasteiger partial charge on any atom is -0.356 e. The van der Waals surface area contributed by atoms with Crippen LogP contribution >= 0.6 is 11.6 Å². The van der Waals surface area contributed by atoms with E-state index in [4.69, 9.17) is 11.6 Å². The maximum Gasteiger partial charge on any atom is 0.244 e. The van der Waals surface area contributed by atoms with E-state index < -0.39 is 15.4 Å². The van der Waals surface area contributed by atoms with Crippen LogP contribution in [0.1, 0.15) is 26.7 Å². The van der Waals surface area contributed by atoms with E-state index in [9.17, 15) is 13.2 Å². The molecule has 1 aromatic heterocycles. The number of hydrogen-bond acceptors (Lipinski definition) is 4. The molecule has 22 heavy (non-hydrogen) atoms. The Kier molecular flexibility index (Phi) is 5.09. The van der Waals surface area contributed by atoms with Gasteiger partial charge in [0.2, 0.25) is 15.9 Å². The molecular weight excluding hydrogens is 326 g/mol. The molecule has 2 heterocycles. The number of rotatable bonds is 4. The summed E-state index contributed by atoms with van der Waals surface area (Å²) in [7, 11) is -3.59. The van der Waals surface area contributed by atoms with Crippen LogP contribution < -0.4 is 5.32 Å². The molecule has 2 rings (SSSR count). The van der Waals surface area contributed by atoms with E-state index in [1.54, 1.807) is 0 Å². The molecule has 1 aromatic rings. The normalized spacial score (nSPS) is 18.9. The summed E-state index contributed by atoms with van der Waals surface area (Å²) >= 11 is 5.69. The maximum atomic E-state index is 12.5. The summed E-state index contributed by atoms with van der Waals surface area (Å²) in [5.41, 5.74) is -0.514. The molecule has 122 valence electrons. The third-order valence-corrected chi connectivity index (χ3v) is 6.16. The molecular formula is C14H20ClN3O3S. The number of carbonyl (C=O) groups excluding carboxylic acids is 1. The predicted octanol–water partition coefficient (Wildman–Crippen LogP) is 1.66. The molecule has 1 aliphatic rings. The lowest BCUT2D eigenvalue weighted by Gasteiger charge is -2.37. The number of nitrogens with one attached hydrogen (secondary N) is 1. The molecule has 0 bridgehead atoms. The first-order chi connectivity index (χ1) is 10.3. The summed E-state index contributed by atoms with van der Waals surface area (Å²) in [6.45, 7) is 4.96. The van der Waals surface area contributed by atoms with E-state index in [0.717, 1.165) is 0 Å². The molecule has 1 fully saturated rings. The Bertz CT molecular complexity index is 638. The molecule has 1 aliphatic heterocycles. The van der Waals surface area contributed by atoms with Gasteiger partial charge in [-0.3, -0.25) is 4.79 Å². The summed E-state index contributed by atoms with van der Waals surface area (Å²) in [5.74, 6) is -0.0137. The quantitative estimate of drug-likeness (QED) is 0.842. The zero-order valence-electron chi connectivity index (χ0n) is 12.7. The first kappa shape index (κ1) is 17.2. The Morgan fingerprint density at radius 1 is 1.41 bits per heavy atom. The molecule has 1 amide bonds. The van der Waals surface area contributed by atoms with E-state index in [2.05, 4.69) is 10.3 Å². The predicted molar refractivity (Wildman–Crippen MR) is 84.0 cm³/mol. The zero-order valence-corrected chi connectivity index (χ0v) is 14.2. The molecule has 0 radical (unpaired) electrons. The van der Waals surface area contributed by atoms with Crippen molar-refractivity contribution in [1.82, 2.24) is 14.6 Å². The molecule has 0 unspecified atom stereocenters. The van der Waals surface area contributed by atoms with E-state index in [-0.39, 0.29) is 16.0 Å². The highest BCUT2D eigenvalue weighted by Crippen LogP contribution is 2.33. The van der Waals surface area contributed by atoms with Crippen LogP contribution in [0, 0.1) is 5.41 Å². The second kappa shape index (κ2) is 6.52. The van der Waals surface area contributed by atoms with Crippen LogP contribution in [-0.4, -0.2) is 43.2 Å². The average Bonchev–Trinajstić information content (AvgIpc) is 2.48. The van der Waals surface area contributed by atoms with Crippen LogP contribution in [0.2, 0.25) is 5.15 Å². The fourth-order valence-electron chi connectivity index (χ4n) is 2.49. The lowest BCUT2D eigenvalue weighted by molar-refractivity contribution is -0.132. The first-order valence-corrected chi connectivity index (χ1v) is 9.01.